The third-order valence-corrected chi connectivity index (χ3v) is 3.17. The molecule has 4 nitrogen and oxygen atoms in total. The van der Waals surface area contributed by atoms with Gasteiger partial charge in [-0.1, -0.05) is 6.07 Å². The summed E-state index contributed by atoms with van der Waals surface area (Å²) in [5.74, 6) is -0.538. The van der Waals surface area contributed by atoms with Crippen molar-refractivity contribution in [2.75, 3.05) is 7.11 Å². The van der Waals surface area contributed by atoms with Crippen molar-refractivity contribution in [1.82, 2.24) is 10.3 Å². The van der Waals surface area contributed by atoms with Crippen LogP contribution in [-0.4, -0.2) is 18.0 Å². The van der Waals surface area contributed by atoms with Crippen LogP contribution in [0.4, 0.5) is 4.39 Å². The molecule has 0 fully saturated rings. The zero-order chi connectivity index (χ0) is 15.9. The predicted octanol–water partition coefficient (Wildman–Crippen LogP) is 3.12. The highest BCUT2D eigenvalue weighted by molar-refractivity contribution is 5.91. The molecule has 0 bridgehead atoms. The van der Waals surface area contributed by atoms with Gasteiger partial charge in [-0.2, -0.15) is 0 Å². The highest BCUT2D eigenvalue weighted by Gasteiger charge is 2.07. The van der Waals surface area contributed by atoms with Crippen LogP contribution in [0.25, 0.3) is 6.08 Å². The maximum atomic E-state index is 13.5. The molecule has 1 amide bonds. The highest BCUT2D eigenvalue weighted by Crippen LogP contribution is 2.18. The second-order valence-corrected chi connectivity index (χ2v) is 4.74. The smallest absolute Gasteiger partial charge is 0.244 e. The fourth-order valence-corrected chi connectivity index (χ4v) is 1.96. The molecule has 2 aromatic rings. The molecule has 1 heterocycles. The van der Waals surface area contributed by atoms with Gasteiger partial charge in [-0.3, -0.25) is 9.78 Å². The van der Waals surface area contributed by atoms with E-state index in [1.54, 1.807) is 24.5 Å². The quantitative estimate of drug-likeness (QED) is 0.863. The van der Waals surface area contributed by atoms with Gasteiger partial charge in [0.25, 0.3) is 0 Å². The summed E-state index contributed by atoms with van der Waals surface area (Å²) in [6.07, 6.45) is 6.28. The minimum absolute atomic E-state index is 0.132. The van der Waals surface area contributed by atoms with Gasteiger partial charge in [-0.05, 0) is 48.4 Å². The van der Waals surface area contributed by atoms with Crippen LogP contribution in [0.1, 0.15) is 24.1 Å². The number of nitrogens with zero attached hydrogens (tertiary/aromatic N) is 1. The lowest BCUT2D eigenvalue weighted by Gasteiger charge is -2.12. The number of benzene rings is 1. The van der Waals surface area contributed by atoms with Crippen molar-refractivity contribution < 1.29 is 13.9 Å². The van der Waals surface area contributed by atoms with Crippen molar-refractivity contribution in [1.29, 1.82) is 0 Å². The van der Waals surface area contributed by atoms with E-state index in [0.29, 0.717) is 5.56 Å². The van der Waals surface area contributed by atoms with E-state index in [-0.39, 0.29) is 17.7 Å². The SMILES string of the molecule is COc1ccc(C=CC(=O)NC(C)c2ccncc2)cc1F. The van der Waals surface area contributed by atoms with Gasteiger partial charge < -0.3 is 10.1 Å². The maximum absolute atomic E-state index is 13.5. The largest absolute Gasteiger partial charge is 0.494 e. The second kappa shape index (κ2) is 7.36. The Bertz CT molecular complexity index is 672. The Morgan fingerprint density at radius 1 is 1.32 bits per heavy atom. The summed E-state index contributed by atoms with van der Waals surface area (Å²) in [7, 11) is 1.40. The number of ether oxygens (including phenoxy) is 1. The number of nitrogens with one attached hydrogen (secondary N) is 1. The number of carbonyl (C=O) groups is 1. The summed E-state index contributed by atoms with van der Waals surface area (Å²) in [4.78, 5) is 15.8. The zero-order valence-corrected chi connectivity index (χ0v) is 12.4. The summed E-state index contributed by atoms with van der Waals surface area (Å²) in [5, 5.41) is 2.83. The van der Waals surface area contributed by atoms with Crippen molar-refractivity contribution in [3.8, 4) is 5.75 Å². The number of methoxy groups -OCH3 is 1. The number of pyridine rings is 1. The molecule has 0 radical (unpaired) electrons. The lowest BCUT2D eigenvalue weighted by molar-refractivity contribution is -0.117. The lowest BCUT2D eigenvalue weighted by Crippen LogP contribution is -2.24. The molecule has 5 heteroatoms. The minimum Gasteiger partial charge on any atom is -0.494 e. The fraction of sp³-hybridized carbons (Fsp3) is 0.176. The van der Waals surface area contributed by atoms with Crippen LogP contribution in [0.3, 0.4) is 0 Å². The third kappa shape index (κ3) is 4.15. The molecule has 1 N–H and O–H groups in total. The van der Waals surface area contributed by atoms with Crippen LogP contribution in [0, 0.1) is 5.82 Å². The molecule has 1 atom stereocenters. The minimum atomic E-state index is -0.463. The van der Waals surface area contributed by atoms with E-state index in [2.05, 4.69) is 10.3 Å². The highest BCUT2D eigenvalue weighted by atomic mass is 19.1. The molecule has 1 aromatic heterocycles. The van der Waals surface area contributed by atoms with E-state index in [9.17, 15) is 9.18 Å². The number of hydrogen-bond acceptors (Lipinski definition) is 3. The first-order chi connectivity index (χ1) is 10.6. The summed E-state index contributed by atoms with van der Waals surface area (Å²) < 4.78 is 18.4. The van der Waals surface area contributed by atoms with Crippen molar-refractivity contribution in [2.24, 2.45) is 0 Å². The Hall–Kier alpha value is -2.69. The molecule has 0 spiro atoms. The van der Waals surface area contributed by atoms with Crippen LogP contribution in [0.2, 0.25) is 0 Å². The maximum Gasteiger partial charge on any atom is 0.244 e. The van der Waals surface area contributed by atoms with Crippen LogP contribution < -0.4 is 10.1 Å². The summed E-state index contributed by atoms with van der Waals surface area (Å²) in [5.41, 5.74) is 1.55. The van der Waals surface area contributed by atoms with E-state index >= 15 is 0 Å². The van der Waals surface area contributed by atoms with Crippen molar-refractivity contribution >= 4 is 12.0 Å². The van der Waals surface area contributed by atoms with E-state index in [1.165, 1.54) is 25.3 Å². The van der Waals surface area contributed by atoms with Crippen LogP contribution >= 0.6 is 0 Å². The molecule has 0 aliphatic carbocycles. The number of carbonyl (C=O) groups excluding carboxylic acids is 1. The molecular weight excluding hydrogens is 283 g/mol. The number of amides is 1. The van der Waals surface area contributed by atoms with Crippen molar-refractivity contribution in [3.63, 3.8) is 0 Å². The van der Waals surface area contributed by atoms with Crippen LogP contribution in [0.5, 0.6) is 5.75 Å². The first kappa shape index (κ1) is 15.7. The molecule has 0 saturated carbocycles. The van der Waals surface area contributed by atoms with Gasteiger partial charge >= 0.3 is 0 Å². The zero-order valence-electron chi connectivity index (χ0n) is 12.4. The van der Waals surface area contributed by atoms with Crippen molar-refractivity contribution in [3.05, 3.63) is 65.7 Å². The number of aromatic nitrogens is 1. The average molecular weight is 300 g/mol. The molecule has 1 aromatic carbocycles. The Kier molecular flexibility index (Phi) is 5.25. The second-order valence-electron chi connectivity index (χ2n) is 4.74. The summed E-state index contributed by atoms with van der Waals surface area (Å²) in [6, 6.07) is 8.06. The third-order valence-electron chi connectivity index (χ3n) is 3.17. The molecule has 0 aliphatic rings. The van der Waals surface area contributed by atoms with Gasteiger partial charge in [0.05, 0.1) is 13.2 Å². The predicted molar refractivity (Wildman–Crippen MR) is 82.8 cm³/mol. The fourth-order valence-electron chi connectivity index (χ4n) is 1.96. The Labute approximate surface area is 128 Å². The number of rotatable bonds is 5. The van der Waals surface area contributed by atoms with Gasteiger partial charge in [0.2, 0.25) is 5.91 Å². The Morgan fingerprint density at radius 2 is 2.05 bits per heavy atom. The molecule has 0 saturated heterocycles. The molecule has 2 rings (SSSR count). The normalized spacial score (nSPS) is 12.1. The Balaban J connectivity index is 1.98. The van der Waals surface area contributed by atoms with Crippen molar-refractivity contribution in [2.45, 2.75) is 13.0 Å². The van der Waals surface area contributed by atoms with Gasteiger partial charge in [0, 0.05) is 18.5 Å². The standard InChI is InChI=1S/C17H17FN2O2/c1-12(14-7-9-19-10-8-14)20-17(21)6-4-13-3-5-16(22-2)15(18)11-13/h3-12H,1-2H3,(H,20,21). The molecule has 22 heavy (non-hydrogen) atoms. The molecular formula is C17H17FN2O2. The van der Waals surface area contributed by atoms with E-state index in [1.807, 2.05) is 19.1 Å². The van der Waals surface area contributed by atoms with Gasteiger partial charge in [0.15, 0.2) is 11.6 Å². The monoisotopic (exact) mass is 300 g/mol. The van der Waals surface area contributed by atoms with Crippen LogP contribution in [-0.2, 0) is 4.79 Å². The molecule has 114 valence electrons. The van der Waals surface area contributed by atoms with Crippen LogP contribution in [0.15, 0.2) is 48.8 Å². The average Bonchev–Trinajstić information content (AvgIpc) is 2.54. The first-order valence-electron chi connectivity index (χ1n) is 6.82. The number of halogens is 1. The summed E-state index contributed by atoms with van der Waals surface area (Å²) in [6.45, 7) is 1.88. The molecule has 1 unspecified atom stereocenters. The molecule has 0 aliphatic heterocycles. The van der Waals surface area contributed by atoms with E-state index < -0.39 is 5.82 Å². The summed E-state index contributed by atoms with van der Waals surface area (Å²) >= 11 is 0. The van der Waals surface area contributed by atoms with Gasteiger partial charge in [0.1, 0.15) is 0 Å². The van der Waals surface area contributed by atoms with E-state index in [4.69, 9.17) is 4.74 Å². The Morgan fingerprint density at radius 3 is 2.68 bits per heavy atom. The lowest BCUT2D eigenvalue weighted by atomic mass is 10.1. The first-order valence-corrected chi connectivity index (χ1v) is 6.82. The van der Waals surface area contributed by atoms with Gasteiger partial charge in [-0.25, -0.2) is 4.39 Å². The van der Waals surface area contributed by atoms with Gasteiger partial charge in [-0.15, -0.1) is 0 Å². The number of hydrogen-bond donors (Lipinski definition) is 1. The topological polar surface area (TPSA) is 51.2 Å². The van der Waals surface area contributed by atoms with E-state index in [0.717, 1.165) is 5.56 Å².